The Morgan fingerprint density at radius 3 is 1.22 bits per heavy atom. The molecule has 0 radical (unpaired) electrons. The normalized spacial score (nSPS) is 20.0. The van der Waals surface area contributed by atoms with Gasteiger partial charge in [0.15, 0.2) is 0 Å². The largest absolute Gasteiger partial charge is 0.311 e. The molecule has 4 rings (SSSR count). The SMILES string of the molecule is C1CCC(NC2CCCCC2)CC1.c1ccc2ccccc2c1. The maximum atomic E-state index is 3.86. The van der Waals surface area contributed by atoms with Gasteiger partial charge in [-0.25, -0.2) is 0 Å². The first-order chi connectivity index (χ1) is 11.4. The van der Waals surface area contributed by atoms with Crippen molar-refractivity contribution in [1.82, 2.24) is 5.32 Å². The Kier molecular flexibility index (Phi) is 6.52. The summed E-state index contributed by atoms with van der Waals surface area (Å²) in [6, 6.07) is 18.5. The first-order valence-electron chi connectivity index (χ1n) is 9.62. The molecule has 124 valence electrons. The smallest absolute Gasteiger partial charge is 0.00696 e. The molecule has 2 saturated carbocycles. The quantitative estimate of drug-likeness (QED) is 0.708. The molecule has 0 aromatic heterocycles. The van der Waals surface area contributed by atoms with Crippen LogP contribution in [0.2, 0.25) is 0 Å². The average molecular weight is 309 g/mol. The minimum absolute atomic E-state index is 0.872. The van der Waals surface area contributed by atoms with E-state index in [0.29, 0.717) is 0 Å². The lowest BCUT2D eigenvalue weighted by Crippen LogP contribution is -2.40. The average Bonchev–Trinajstić information content (AvgIpc) is 2.64. The Hall–Kier alpha value is -1.34. The predicted molar refractivity (Wildman–Crippen MR) is 101 cm³/mol. The molecule has 1 nitrogen and oxygen atoms in total. The van der Waals surface area contributed by atoms with Gasteiger partial charge in [0.25, 0.3) is 0 Å². The van der Waals surface area contributed by atoms with E-state index in [0.717, 1.165) is 12.1 Å². The van der Waals surface area contributed by atoms with Crippen molar-refractivity contribution < 1.29 is 0 Å². The van der Waals surface area contributed by atoms with Gasteiger partial charge < -0.3 is 5.32 Å². The van der Waals surface area contributed by atoms with Crippen LogP contribution in [0.1, 0.15) is 64.2 Å². The van der Waals surface area contributed by atoms with Crippen LogP contribution in [0.15, 0.2) is 48.5 Å². The number of benzene rings is 2. The highest BCUT2D eigenvalue weighted by Gasteiger charge is 2.19. The van der Waals surface area contributed by atoms with Crippen molar-refractivity contribution in [3.63, 3.8) is 0 Å². The van der Waals surface area contributed by atoms with Crippen molar-refractivity contribution in [1.29, 1.82) is 0 Å². The lowest BCUT2D eigenvalue weighted by atomic mass is 9.91. The summed E-state index contributed by atoms with van der Waals surface area (Å²) in [6.45, 7) is 0. The summed E-state index contributed by atoms with van der Waals surface area (Å²) in [4.78, 5) is 0. The van der Waals surface area contributed by atoms with E-state index >= 15 is 0 Å². The second kappa shape index (κ2) is 9.08. The zero-order valence-corrected chi connectivity index (χ0v) is 14.3. The fraction of sp³-hybridized carbons (Fsp3) is 0.545. The van der Waals surface area contributed by atoms with Crippen LogP contribution >= 0.6 is 0 Å². The van der Waals surface area contributed by atoms with Crippen molar-refractivity contribution in [2.75, 3.05) is 0 Å². The van der Waals surface area contributed by atoms with Gasteiger partial charge >= 0.3 is 0 Å². The van der Waals surface area contributed by atoms with Crippen LogP contribution in [-0.4, -0.2) is 12.1 Å². The number of nitrogens with one attached hydrogen (secondary N) is 1. The molecule has 0 saturated heterocycles. The summed E-state index contributed by atoms with van der Waals surface area (Å²) < 4.78 is 0. The summed E-state index contributed by atoms with van der Waals surface area (Å²) in [5.41, 5.74) is 0. The molecule has 2 aromatic carbocycles. The lowest BCUT2D eigenvalue weighted by Gasteiger charge is -2.30. The maximum absolute atomic E-state index is 3.86. The van der Waals surface area contributed by atoms with E-state index in [1.165, 1.54) is 75.0 Å². The molecule has 2 fully saturated rings. The van der Waals surface area contributed by atoms with Gasteiger partial charge in [0, 0.05) is 12.1 Å². The van der Waals surface area contributed by atoms with Gasteiger partial charge in [-0.3, -0.25) is 0 Å². The summed E-state index contributed by atoms with van der Waals surface area (Å²) in [7, 11) is 0. The summed E-state index contributed by atoms with van der Waals surface area (Å²) in [5, 5.41) is 6.48. The van der Waals surface area contributed by atoms with Crippen LogP contribution < -0.4 is 5.32 Å². The highest BCUT2D eigenvalue weighted by Crippen LogP contribution is 2.22. The number of fused-ring (bicyclic) bond motifs is 1. The topological polar surface area (TPSA) is 12.0 Å². The minimum Gasteiger partial charge on any atom is -0.311 e. The fourth-order valence-electron chi connectivity index (χ4n) is 4.00. The molecule has 1 N–H and O–H groups in total. The van der Waals surface area contributed by atoms with E-state index in [4.69, 9.17) is 0 Å². The summed E-state index contributed by atoms with van der Waals surface area (Å²) in [5.74, 6) is 0. The van der Waals surface area contributed by atoms with Gasteiger partial charge in [-0.05, 0) is 36.5 Å². The van der Waals surface area contributed by atoms with E-state index in [2.05, 4.69) is 53.8 Å². The Morgan fingerprint density at radius 2 is 0.870 bits per heavy atom. The second-order valence-electron chi connectivity index (χ2n) is 7.18. The van der Waals surface area contributed by atoms with Crippen molar-refractivity contribution >= 4 is 10.8 Å². The Bertz CT molecular complexity index is 483. The van der Waals surface area contributed by atoms with Crippen molar-refractivity contribution in [2.24, 2.45) is 0 Å². The first kappa shape index (κ1) is 16.5. The molecule has 0 atom stereocenters. The molecule has 2 aliphatic carbocycles. The molecule has 2 aliphatic rings. The third-order valence-corrected chi connectivity index (χ3v) is 5.34. The molecule has 0 amide bonds. The summed E-state index contributed by atoms with van der Waals surface area (Å²) >= 11 is 0. The third-order valence-electron chi connectivity index (χ3n) is 5.34. The van der Waals surface area contributed by atoms with Gasteiger partial charge in [-0.1, -0.05) is 87.1 Å². The molecule has 0 unspecified atom stereocenters. The van der Waals surface area contributed by atoms with Gasteiger partial charge in [0.1, 0.15) is 0 Å². The van der Waals surface area contributed by atoms with Crippen LogP contribution in [0.4, 0.5) is 0 Å². The van der Waals surface area contributed by atoms with Crippen molar-refractivity contribution in [3.8, 4) is 0 Å². The monoisotopic (exact) mass is 309 g/mol. The molecule has 0 aliphatic heterocycles. The maximum Gasteiger partial charge on any atom is 0.00696 e. The van der Waals surface area contributed by atoms with Gasteiger partial charge in [0.05, 0.1) is 0 Å². The van der Waals surface area contributed by atoms with Crippen LogP contribution in [0, 0.1) is 0 Å². The zero-order chi connectivity index (χ0) is 15.7. The van der Waals surface area contributed by atoms with Gasteiger partial charge in [-0.15, -0.1) is 0 Å². The van der Waals surface area contributed by atoms with E-state index < -0.39 is 0 Å². The molecule has 23 heavy (non-hydrogen) atoms. The Morgan fingerprint density at radius 1 is 0.522 bits per heavy atom. The zero-order valence-electron chi connectivity index (χ0n) is 14.3. The molecular formula is C22H31N. The highest BCUT2D eigenvalue weighted by molar-refractivity contribution is 5.81. The van der Waals surface area contributed by atoms with Gasteiger partial charge in [0.2, 0.25) is 0 Å². The van der Waals surface area contributed by atoms with Crippen molar-refractivity contribution in [3.05, 3.63) is 48.5 Å². The van der Waals surface area contributed by atoms with Crippen LogP contribution in [0.5, 0.6) is 0 Å². The minimum atomic E-state index is 0.872. The fourth-order valence-corrected chi connectivity index (χ4v) is 4.00. The Labute approximate surface area is 141 Å². The first-order valence-corrected chi connectivity index (χ1v) is 9.62. The standard InChI is InChI=1S/C12H23N.C10H8/c1-3-7-11(8-4-1)13-12-9-5-2-6-10-12;1-2-6-10-8-4-3-7-9(10)5-1/h11-13H,1-10H2;1-8H. The Balaban J connectivity index is 0.000000140. The van der Waals surface area contributed by atoms with Crippen molar-refractivity contribution in [2.45, 2.75) is 76.3 Å². The molecule has 0 bridgehead atoms. The third kappa shape index (κ3) is 5.35. The van der Waals surface area contributed by atoms with E-state index in [9.17, 15) is 0 Å². The van der Waals surface area contributed by atoms with E-state index in [-0.39, 0.29) is 0 Å². The molecule has 0 spiro atoms. The number of hydrogen-bond donors (Lipinski definition) is 1. The second-order valence-corrected chi connectivity index (χ2v) is 7.18. The molecule has 0 heterocycles. The van der Waals surface area contributed by atoms with E-state index in [1.54, 1.807) is 0 Å². The van der Waals surface area contributed by atoms with Crippen LogP contribution in [0.3, 0.4) is 0 Å². The lowest BCUT2D eigenvalue weighted by molar-refractivity contribution is 0.291. The molecular weight excluding hydrogens is 278 g/mol. The van der Waals surface area contributed by atoms with Crippen LogP contribution in [-0.2, 0) is 0 Å². The highest BCUT2D eigenvalue weighted by atomic mass is 14.9. The number of rotatable bonds is 2. The predicted octanol–water partition coefficient (Wildman–Crippen LogP) is 6.08. The number of hydrogen-bond acceptors (Lipinski definition) is 1. The van der Waals surface area contributed by atoms with Gasteiger partial charge in [-0.2, -0.15) is 0 Å². The summed E-state index contributed by atoms with van der Waals surface area (Å²) in [6.07, 6.45) is 14.6. The molecule has 2 aromatic rings. The van der Waals surface area contributed by atoms with E-state index in [1.807, 2.05) is 0 Å². The molecule has 1 heteroatoms. The van der Waals surface area contributed by atoms with Crippen LogP contribution in [0.25, 0.3) is 10.8 Å².